The van der Waals surface area contributed by atoms with Gasteiger partial charge in [0, 0.05) is 25.7 Å². The van der Waals surface area contributed by atoms with Crippen LogP contribution in [0.4, 0.5) is 0 Å². The Morgan fingerprint density at radius 1 is 1.17 bits per heavy atom. The van der Waals surface area contributed by atoms with E-state index < -0.39 is 10.3 Å². The van der Waals surface area contributed by atoms with Gasteiger partial charge in [-0.15, -0.1) is 0 Å². The first kappa shape index (κ1) is 20.8. The summed E-state index contributed by atoms with van der Waals surface area (Å²) in [4.78, 5) is 2.49. The SMILES string of the molecule is CCN(CCCCCCOC1CCN(S(=O)(=O)O)CC1)C(C)C. The summed E-state index contributed by atoms with van der Waals surface area (Å²) in [6.45, 7) is 10.4. The second-order valence-electron chi connectivity index (χ2n) is 6.58. The molecule has 0 spiro atoms. The van der Waals surface area contributed by atoms with Gasteiger partial charge in [-0.3, -0.25) is 4.55 Å². The highest BCUT2D eigenvalue weighted by Crippen LogP contribution is 2.16. The van der Waals surface area contributed by atoms with Gasteiger partial charge in [0.1, 0.15) is 0 Å². The monoisotopic (exact) mass is 350 g/mol. The minimum Gasteiger partial charge on any atom is -0.378 e. The highest BCUT2D eigenvalue weighted by Gasteiger charge is 2.26. The normalized spacial score (nSPS) is 18.2. The van der Waals surface area contributed by atoms with Crippen LogP contribution in [0.5, 0.6) is 0 Å². The second-order valence-corrected chi connectivity index (χ2v) is 8.00. The molecule has 23 heavy (non-hydrogen) atoms. The molecule has 1 rings (SSSR count). The molecule has 1 fully saturated rings. The van der Waals surface area contributed by atoms with Crippen LogP contribution in [0.15, 0.2) is 0 Å². The molecule has 0 atom stereocenters. The molecule has 138 valence electrons. The smallest absolute Gasteiger partial charge is 0.335 e. The van der Waals surface area contributed by atoms with Gasteiger partial charge in [0.15, 0.2) is 0 Å². The number of unbranched alkanes of at least 4 members (excludes halogenated alkanes) is 3. The molecule has 7 heteroatoms. The highest BCUT2D eigenvalue weighted by molar-refractivity contribution is 7.83. The van der Waals surface area contributed by atoms with Crippen LogP contribution in [0.25, 0.3) is 0 Å². The lowest BCUT2D eigenvalue weighted by molar-refractivity contribution is 0.0181. The molecular weight excluding hydrogens is 316 g/mol. The van der Waals surface area contributed by atoms with E-state index in [1.165, 1.54) is 25.8 Å². The Labute approximate surface area is 142 Å². The molecule has 1 aliphatic heterocycles. The lowest BCUT2D eigenvalue weighted by Gasteiger charge is -2.29. The second kappa shape index (κ2) is 10.6. The molecule has 1 N–H and O–H groups in total. The summed E-state index contributed by atoms with van der Waals surface area (Å²) in [5.74, 6) is 0. The van der Waals surface area contributed by atoms with E-state index in [1.807, 2.05) is 0 Å². The van der Waals surface area contributed by atoms with Crippen molar-refractivity contribution in [1.82, 2.24) is 9.21 Å². The van der Waals surface area contributed by atoms with Crippen LogP contribution in [-0.2, 0) is 15.0 Å². The molecule has 1 heterocycles. The predicted molar refractivity (Wildman–Crippen MR) is 92.9 cm³/mol. The van der Waals surface area contributed by atoms with Crippen molar-refractivity contribution in [2.45, 2.75) is 71.4 Å². The summed E-state index contributed by atoms with van der Waals surface area (Å²) < 4.78 is 37.9. The maximum absolute atomic E-state index is 11.0. The zero-order valence-corrected chi connectivity index (χ0v) is 15.7. The Hall–Kier alpha value is -0.210. The lowest BCUT2D eigenvalue weighted by Crippen LogP contribution is -2.40. The van der Waals surface area contributed by atoms with Crippen molar-refractivity contribution in [3.8, 4) is 0 Å². The average Bonchev–Trinajstić information content (AvgIpc) is 2.49. The Kier molecular flexibility index (Phi) is 9.61. The van der Waals surface area contributed by atoms with E-state index in [1.54, 1.807) is 0 Å². The predicted octanol–water partition coefficient (Wildman–Crippen LogP) is 2.56. The standard InChI is InChI=1S/C16H34N2O4S/c1-4-17(15(2)3)11-7-5-6-8-14-22-16-9-12-18(13-10-16)23(19,20)21/h15-16H,4-14H2,1-3H3,(H,19,20,21). The van der Waals surface area contributed by atoms with Crippen LogP contribution in [0, 0.1) is 0 Å². The van der Waals surface area contributed by atoms with Crippen molar-refractivity contribution < 1.29 is 17.7 Å². The van der Waals surface area contributed by atoms with E-state index >= 15 is 0 Å². The zero-order valence-electron chi connectivity index (χ0n) is 14.9. The molecule has 0 saturated carbocycles. The van der Waals surface area contributed by atoms with E-state index in [-0.39, 0.29) is 6.10 Å². The fourth-order valence-electron chi connectivity index (χ4n) is 3.03. The molecule has 0 aromatic heterocycles. The number of ether oxygens (including phenoxy) is 1. The average molecular weight is 351 g/mol. The quantitative estimate of drug-likeness (QED) is 0.458. The van der Waals surface area contributed by atoms with Crippen molar-refractivity contribution in [2.24, 2.45) is 0 Å². The molecule has 0 aliphatic carbocycles. The molecule has 0 aromatic rings. The summed E-state index contributed by atoms with van der Waals surface area (Å²) >= 11 is 0. The molecule has 0 unspecified atom stereocenters. The van der Waals surface area contributed by atoms with Crippen molar-refractivity contribution in [3.05, 3.63) is 0 Å². The third-order valence-electron chi connectivity index (χ3n) is 4.56. The topological polar surface area (TPSA) is 70.1 Å². The van der Waals surface area contributed by atoms with Crippen LogP contribution in [0.3, 0.4) is 0 Å². The van der Waals surface area contributed by atoms with E-state index in [0.29, 0.717) is 32.0 Å². The van der Waals surface area contributed by atoms with Crippen molar-refractivity contribution in [2.75, 3.05) is 32.8 Å². The lowest BCUT2D eigenvalue weighted by atomic mass is 10.1. The van der Waals surface area contributed by atoms with Crippen LogP contribution in [0.2, 0.25) is 0 Å². The Balaban J connectivity index is 2.00. The molecule has 1 saturated heterocycles. The molecule has 0 radical (unpaired) electrons. The van der Waals surface area contributed by atoms with Gasteiger partial charge in [0.05, 0.1) is 6.10 Å². The minimum absolute atomic E-state index is 0.129. The molecule has 0 bridgehead atoms. The third-order valence-corrected chi connectivity index (χ3v) is 5.57. The number of rotatable bonds is 11. The van der Waals surface area contributed by atoms with Gasteiger partial charge >= 0.3 is 10.3 Å². The number of piperidine rings is 1. The van der Waals surface area contributed by atoms with E-state index in [9.17, 15) is 8.42 Å². The van der Waals surface area contributed by atoms with Crippen molar-refractivity contribution >= 4 is 10.3 Å². The zero-order chi connectivity index (χ0) is 17.3. The molecule has 1 aliphatic rings. The fourth-order valence-corrected chi connectivity index (χ4v) is 3.70. The summed E-state index contributed by atoms with van der Waals surface area (Å²) in [7, 11) is -4.03. The molecule has 0 aromatic carbocycles. The number of nitrogens with zero attached hydrogens (tertiary/aromatic N) is 2. The molecule has 0 amide bonds. The van der Waals surface area contributed by atoms with Crippen LogP contribution in [-0.4, -0.2) is 67.1 Å². The largest absolute Gasteiger partial charge is 0.378 e. The summed E-state index contributed by atoms with van der Waals surface area (Å²) in [5.41, 5.74) is 0. The van der Waals surface area contributed by atoms with Crippen molar-refractivity contribution in [1.29, 1.82) is 0 Å². The van der Waals surface area contributed by atoms with E-state index in [2.05, 4.69) is 25.7 Å². The molecule has 6 nitrogen and oxygen atoms in total. The van der Waals surface area contributed by atoms with Gasteiger partial charge in [-0.25, -0.2) is 0 Å². The van der Waals surface area contributed by atoms with Gasteiger partial charge < -0.3 is 9.64 Å². The van der Waals surface area contributed by atoms with Crippen LogP contribution < -0.4 is 0 Å². The first-order valence-electron chi connectivity index (χ1n) is 8.92. The summed E-state index contributed by atoms with van der Waals surface area (Å²) in [5, 5.41) is 0. The first-order valence-corrected chi connectivity index (χ1v) is 10.3. The Morgan fingerprint density at radius 2 is 1.78 bits per heavy atom. The summed E-state index contributed by atoms with van der Waals surface area (Å²) in [6, 6.07) is 0.622. The van der Waals surface area contributed by atoms with Gasteiger partial charge in [0.2, 0.25) is 0 Å². The van der Waals surface area contributed by atoms with E-state index in [0.717, 1.165) is 23.9 Å². The maximum atomic E-state index is 11.0. The van der Waals surface area contributed by atoms with Crippen LogP contribution >= 0.6 is 0 Å². The van der Waals surface area contributed by atoms with Crippen molar-refractivity contribution in [3.63, 3.8) is 0 Å². The van der Waals surface area contributed by atoms with Gasteiger partial charge in [-0.05, 0) is 52.6 Å². The fraction of sp³-hybridized carbons (Fsp3) is 1.00. The Bertz CT molecular complexity index is 406. The summed E-state index contributed by atoms with van der Waals surface area (Å²) in [6.07, 6.45) is 6.17. The first-order chi connectivity index (χ1) is 10.8. The number of hydrogen-bond donors (Lipinski definition) is 1. The van der Waals surface area contributed by atoms with E-state index in [4.69, 9.17) is 9.29 Å². The number of hydrogen-bond acceptors (Lipinski definition) is 4. The minimum atomic E-state index is -4.03. The van der Waals surface area contributed by atoms with Crippen LogP contribution in [0.1, 0.15) is 59.3 Å². The van der Waals surface area contributed by atoms with Gasteiger partial charge in [-0.2, -0.15) is 12.7 Å². The highest BCUT2D eigenvalue weighted by atomic mass is 32.2. The third kappa shape index (κ3) is 8.44. The van der Waals surface area contributed by atoms with Gasteiger partial charge in [0.25, 0.3) is 0 Å². The molecular formula is C16H34N2O4S. The Morgan fingerprint density at radius 3 is 2.30 bits per heavy atom. The maximum Gasteiger partial charge on any atom is 0.335 e. The van der Waals surface area contributed by atoms with Gasteiger partial charge in [-0.1, -0.05) is 19.8 Å².